The van der Waals surface area contributed by atoms with Crippen molar-refractivity contribution in [3.8, 4) is 0 Å². The molecule has 1 fully saturated rings. The van der Waals surface area contributed by atoms with Gasteiger partial charge in [-0.3, -0.25) is 0 Å². The zero-order chi connectivity index (χ0) is 11.9. The van der Waals surface area contributed by atoms with E-state index in [1.54, 1.807) is 0 Å². The smallest absolute Gasteiger partial charge is 0.338 e. The lowest BCUT2D eigenvalue weighted by molar-refractivity contribution is -0.142. The standard InChI is InChI=1S/C14H16O3/c1-16-13(15)12-14(17-12)9-5-4-7-10-6-2-3-8-11(10)14/h2-3,6,8,12H,4-5,7,9H2,1H3. The summed E-state index contributed by atoms with van der Waals surface area (Å²) in [4.78, 5) is 11.6. The second kappa shape index (κ2) is 3.84. The van der Waals surface area contributed by atoms with Crippen molar-refractivity contribution in [2.75, 3.05) is 7.11 Å². The van der Waals surface area contributed by atoms with Crippen molar-refractivity contribution < 1.29 is 14.3 Å². The summed E-state index contributed by atoms with van der Waals surface area (Å²) in [6.07, 6.45) is 3.86. The van der Waals surface area contributed by atoms with Crippen molar-refractivity contribution in [2.24, 2.45) is 0 Å². The molecule has 1 heterocycles. The number of rotatable bonds is 1. The van der Waals surface area contributed by atoms with Crippen LogP contribution >= 0.6 is 0 Å². The van der Waals surface area contributed by atoms with Gasteiger partial charge in [0, 0.05) is 0 Å². The van der Waals surface area contributed by atoms with Crippen LogP contribution < -0.4 is 0 Å². The fourth-order valence-electron chi connectivity index (χ4n) is 2.91. The van der Waals surface area contributed by atoms with E-state index in [1.807, 2.05) is 12.1 Å². The number of epoxide rings is 1. The number of hydrogen-bond donors (Lipinski definition) is 0. The third-order valence-corrected chi connectivity index (χ3v) is 3.83. The summed E-state index contributed by atoms with van der Waals surface area (Å²) in [6, 6.07) is 8.29. The Morgan fingerprint density at radius 3 is 3.06 bits per heavy atom. The number of hydrogen-bond acceptors (Lipinski definition) is 3. The Morgan fingerprint density at radius 1 is 1.41 bits per heavy atom. The van der Waals surface area contributed by atoms with Gasteiger partial charge in [-0.1, -0.05) is 24.3 Å². The second-order valence-electron chi connectivity index (χ2n) is 4.77. The number of fused-ring (bicyclic) bond motifs is 2. The van der Waals surface area contributed by atoms with Crippen LogP contribution in [-0.4, -0.2) is 19.2 Å². The number of benzene rings is 1. The van der Waals surface area contributed by atoms with Crippen molar-refractivity contribution >= 4 is 5.97 Å². The molecule has 90 valence electrons. The molecule has 0 amide bonds. The number of esters is 1. The topological polar surface area (TPSA) is 38.8 Å². The molecule has 0 aromatic heterocycles. The minimum absolute atomic E-state index is 0.248. The Kier molecular flexibility index (Phi) is 2.44. The minimum atomic E-state index is -0.397. The van der Waals surface area contributed by atoms with Crippen LogP contribution in [0.5, 0.6) is 0 Å². The van der Waals surface area contributed by atoms with E-state index in [1.165, 1.54) is 18.2 Å². The molecular formula is C14H16O3. The Hall–Kier alpha value is -1.35. The molecule has 1 aromatic carbocycles. The van der Waals surface area contributed by atoms with E-state index in [2.05, 4.69) is 12.1 Å². The zero-order valence-corrected chi connectivity index (χ0v) is 9.94. The maximum absolute atomic E-state index is 11.6. The van der Waals surface area contributed by atoms with Crippen LogP contribution in [0.2, 0.25) is 0 Å². The van der Waals surface area contributed by atoms with E-state index >= 15 is 0 Å². The van der Waals surface area contributed by atoms with Crippen LogP contribution in [0.25, 0.3) is 0 Å². The summed E-state index contributed by atoms with van der Waals surface area (Å²) in [5, 5.41) is 0. The first-order valence-corrected chi connectivity index (χ1v) is 6.12. The molecule has 3 heteroatoms. The molecule has 17 heavy (non-hydrogen) atoms. The molecule has 2 unspecified atom stereocenters. The van der Waals surface area contributed by atoms with Gasteiger partial charge in [-0.15, -0.1) is 0 Å². The van der Waals surface area contributed by atoms with E-state index in [0.717, 1.165) is 25.7 Å². The highest BCUT2D eigenvalue weighted by molar-refractivity contribution is 5.80. The fourth-order valence-corrected chi connectivity index (χ4v) is 2.91. The number of ether oxygens (including phenoxy) is 2. The van der Waals surface area contributed by atoms with Gasteiger partial charge in [0.25, 0.3) is 0 Å². The summed E-state index contributed by atoms with van der Waals surface area (Å²) in [5.41, 5.74) is 2.12. The summed E-state index contributed by atoms with van der Waals surface area (Å²) >= 11 is 0. The molecule has 2 atom stereocenters. The van der Waals surface area contributed by atoms with E-state index in [4.69, 9.17) is 9.47 Å². The SMILES string of the molecule is COC(=O)C1OC12CCCCc1ccccc12. The molecule has 1 saturated heterocycles. The van der Waals surface area contributed by atoms with Crippen LogP contribution in [0.15, 0.2) is 24.3 Å². The Morgan fingerprint density at radius 2 is 2.24 bits per heavy atom. The second-order valence-corrected chi connectivity index (χ2v) is 4.77. The van der Waals surface area contributed by atoms with Crippen molar-refractivity contribution in [3.05, 3.63) is 35.4 Å². The molecule has 2 aliphatic rings. The van der Waals surface area contributed by atoms with Gasteiger partial charge in [0.05, 0.1) is 7.11 Å². The average molecular weight is 232 g/mol. The molecule has 1 spiro atoms. The van der Waals surface area contributed by atoms with Crippen LogP contribution in [0.1, 0.15) is 30.4 Å². The van der Waals surface area contributed by atoms with Crippen molar-refractivity contribution in [2.45, 2.75) is 37.4 Å². The number of aryl methyl sites for hydroxylation is 1. The third kappa shape index (κ3) is 1.57. The molecule has 0 saturated carbocycles. The number of carbonyl (C=O) groups excluding carboxylic acids is 1. The van der Waals surface area contributed by atoms with Gasteiger partial charge in [-0.2, -0.15) is 0 Å². The molecule has 0 N–H and O–H groups in total. The molecular weight excluding hydrogens is 216 g/mol. The Balaban J connectivity index is 1.99. The highest BCUT2D eigenvalue weighted by atomic mass is 16.7. The lowest BCUT2D eigenvalue weighted by Crippen LogP contribution is -2.20. The average Bonchev–Trinajstić information content (AvgIpc) is 3.13. The summed E-state index contributed by atoms with van der Waals surface area (Å²) < 4.78 is 10.5. The first-order chi connectivity index (χ1) is 8.28. The first kappa shape index (κ1) is 10.8. The van der Waals surface area contributed by atoms with Crippen LogP contribution in [-0.2, 0) is 26.3 Å². The van der Waals surface area contributed by atoms with Gasteiger partial charge >= 0.3 is 5.97 Å². The summed E-state index contributed by atoms with van der Waals surface area (Å²) in [7, 11) is 1.42. The van der Waals surface area contributed by atoms with Crippen molar-refractivity contribution in [1.29, 1.82) is 0 Å². The van der Waals surface area contributed by atoms with Gasteiger partial charge < -0.3 is 9.47 Å². The van der Waals surface area contributed by atoms with E-state index in [0.29, 0.717) is 0 Å². The van der Waals surface area contributed by atoms with Crippen molar-refractivity contribution in [1.82, 2.24) is 0 Å². The largest absolute Gasteiger partial charge is 0.467 e. The van der Waals surface area contributed by atoms with E-state index in [-0.39, 0.29) is 11.6 Å². The minimum Gasteiger partial charge on any atom is -0.467 e. The van der Waals surface area contributed by atoms with E-state index < -0.39 is 6.10 Å². The maximum Gasteiger partial charge on any atom is 0.338 e. The predicted molar refractivity (Wildman–Crippen MR) is 62.6 cm³/mol. The van der Waals surface area contributed by atoms with Gasteiger partial charge in [0.2, 0.25) is 0 Å². The van der Waals surface area contributed by atoms with Crippen molar-refractivity contribution in [3.63, 3.8) is 0 Å². The highest BCUT2D eigenvalue weighted by Crippen LogP contribution is 2.53. The van der Waals surface area contributed by atoms with Crippen LogP contribution in [0, 0.1) is 0 Å². The number of carbonyl (C=O) groups is 1. The molecule has 1 aliphatic carbocycles. The van der Waals surface area contributed by atoms with E-state index in [9.17, 15) is 4.79 Å². The molecule has 3 nitrogen and oxygen atoms in total. The molecule has 3 rings (SSSR count). The van der Waals surface area contributed by atoms with Gasteiger partial charge in [-0.05, 0) is 36.8 Å². The lowest BCUT2D eigenvalue weighted by atomic mass is 9.89. The first-order valence-electron chi connectivity index (χ1n) is 6.12. The normalized spacial score (nSPS) is 30.5. The Bertz CT molecular complexity index is 455. The summed E-state index contributed by atoms with van der Waals surface area (Å²) in [6.45, 7) is 0. The maximum atomic E-state index is 11.6. The number of methoxy groups -OCH3 is 1. The molecule has 0 radical (unpaired) electrons. The Labute approximate surface area is 101 Å². The third-order valence-electron chi connectivity index (χ3n) is 3.83. The predicted octanol–water partition coefficient (Wildman–Crippen LogP) is 2.18. The summed E-state index contributed by atoms with van der Waals surface area (Å²) in [5.74, 6) is -0.248. The van der Waals surface area contributed by atoms with Crippen LogP contribution in [0.3, 0.4) is 0 Å². The monoisotopic (exact) mass is 232 g/mol. The van der Waals surface area contributed by atoms with Gasteiger partial charge in [0.15, 0.2) is 6.10 Å². The molecule has 1 aromatic rings. The van der Waals surface area contributed by atoms with Gasteiger partial charge in [-0.25, -0.2) is 4.79 Å². The fraction of sp³-hybridized carbons (Fsp3) is 0.500. The quantitative estimate of drug-likeness (QED) is 0.550. The highest BCUT2D eigenvalue weighted by Gasteiger charge is 2.63. The lowest BCUT2D eigenvalue weighted by Gasteiger charge is -2.13. The van der Waals surface area contributed by atoms with Crippen LogP contribution in [0.4, 0.5) is 0 Å². The zero-order valence-electron chi connectivity index (χ0n) is 9.94. The molecule has 1 aliphatic heterocycles. The molecule has 0 bridgehead atoms. The van der Waals surface area contributed by atoms with Gasteiger partial charge in [0.1, 0.15) is 5.60 Å².